The standard InChI is InChI=1S/C12H14FN3OS/c1-7(2)17-10-6-11(9(14)5-8(10)13)18-12-15-3-4-16-12/h3-7H,14H2,1-2H3,(H,15,16). The van der Waals surface area contributed by atoms with Gasteiger partial charge in [-0.1, -0.05) is 0 Å². The van der Waals surface area contributed by atoms with Crippen molar-refractivity contribution >= 4 is 17.4 Å². The van der Waals surface area contributed by atoms with E-state index in [2.05, 4.69) is 9.97 Å². The van der Waals surface area contributed by atoms with Crippen molar-refractivity contribution in [3.05, 3.63) is 30.3 Å². The van der Waals surface area contributed by atoms with Crippen molar-refractivity contribution in [3.8, 4) is 5.75 Å². The van der Waals surface area contributed by atoms with E-state index < -0.39 is 5.82 Å². The molecule has 2 aromatic rings. The van der Waals surface area contributed by atoms with Crippen LogP contribution in [0.3, 0.4) is 0 Å². The number of nitrogens with zero attached hydrogens (tertiary/aromatic N) is 1. The van der Waals surface area contributed by atoms with Gasteiger partial charge < -0.3 is 15.5 Å². The molecule has 0 radical (unpaired) electrons. The third-order valence-electron chi connectivity index (χ3n) is 2.11. The van der Waals surface area contributed by atoms with Gasteiger partial charge in [-0.3, -0.25) is 0 Å². The predicted octanol–water partition coefficient (Wildman–Crippen LogP) is 3.07. The molecule has 0 spiro atoms. The Morgan fingerprint density at radius 2 is 2.22 bits per heavy atom. The van der Waals surface area contributed by atoms with Crippen molar-refractivity contribution < 1.29 is 9.13 Å². The highest BCUT2D eigenvalue weighted by Gasteiger charge is 2.12. The SMILES string of the molecule is CC(C)Oc1cc(Sc2ncc[nH]2)c(N)cc1F. The maximum Gasteiger partial charge on any atom is 0.170 e. The van der Waals surface area contributed by atoms with Crippen molar-refractivity contribution in [1.29, 1.82) is 0 Å². The molecule has 0 aliphatic rings. The summed E-state index contributed by atoms with van der Waals surface area (Å²) in [7, 11) is 0. The number of nitrogens with one attached hydrogen (secondary N) is 1. The Kier molecular flexibility index (Phi) is 3.76. The molecule has 2 rings (SSSR count). The molecule has 0 bridgehead atoms. The van der Waals surface area contributed by atoms with Crippen LogP contribution < -0.4 is 10.5 Å². The average molecular weight is 267 g/mol. The zero-order chi connectivity index (χ0) is 13.1. The molecule has 0 unspecified atom stereocenters. The number of hydrogen-bond donors (Lipinski definition) is 2. The number of anilines is 1. The van der Waals surface area contributed by atoms with Gasteiger partial charge in [0.2, 0.25) is 0 Å². The second-order valence-electron chi connectivity index (χ2n) is 3.98. The lowest BCUT2D eigenvalue weighted by Gasteiger charge is -2.13. The van der Waals surface area contributed by atoms with Crippen LogP contribution in [0.5, 0.6) is 5.75 Å². The molecule has 4 nitrogen and oxygen atoms in total. The number of imidazole rings is 1. The summed E-state index contributed by atoms with van der Waals surface area (Å²) >= 11 is 1.33. The van der Waals surface area contributed by atoms with E-state index in [-0.39, 0.29) is 11.9 Å². The fourth-order valence-electron chi connectivity index (χ4n) is 1.39. The highest BCUT2D eigenvalue weighted by Crippen LogP contribution is 2.34. The molecule has 0 saturated heterocycles. The second kappa shape index (κ2) is 5.30. The summed E-state index contributed by atoms with van der Waals surface area (Å²) in [6.07, 6.45) is 3.27. The lowest BCUT2D eigenvalue weighted by molar-refractivity contribution is 0.230. The fourth-order valence-corrected chi connectivity index (χ4v) is 2.19. The van der Waals surface area contributed by atoms with Crippen LogP contribution in [-0.4, -0.2) is 16.1 Å². The summed E-state index contributed by atoms with van der Waals surface area (Å²) in [5.41, 5.74) is 6.15. The van der Waals surface area contributed by atoms with Gasteiger partial charge in [0.05, 0.1) is 6.10 Å². The molecule has 0 saturated carbocycles. The van der Waals surface area contributed by atoms with E-state index in [0.717, 1.165) is 0 Å². The number of rotatable bonds is 4. The van der Waals surface area contributed by atoms with Crippen molar-refractivity contribution in [2.75, 3.05) is 5.73 Å². The van der Waals surface area contributed by atoms with E-state index >= 15 is 0 Å². The minimum Gasteiger partial charge on any atom is -0.488 e. The van der Waals surface area contributed by atoms with E-state index in [4.69, 9.17) is 10.5 Å². The number of nitrogen functional groups attached to an aromatic ring is 1. The molecule has 96 valence electrons. The molecular formula is C12H14FN3OS. The van der Waals surface area contributed by atoms with Gasteiger partial charge in [-0.2, -0.15) is 0 Å². The van der Waals surface area contributed by atoms with Gasteiger partial charge in [-0.15, -0.1) is 0 Å². The maximum absolute atomic E-state index is 13.6. The second-order valence-corrected chi connectivity index (χ2v) is 5.01. The molecule has 1 aromatic heterocycles. The first kappa shape index (κ1) is 12.8. The summed E-state index contributed by atoms with van der Waals surface area (Å²) in [6.45, 7) is 3.68. The normalized spacial score (nSPS) is 10.9. The van der Waals surface area contributed by atoms with E-state index in [1.54, 1.807) is 18.5 Å². The summed E-state index contributed by atoms with van der Waals surface area (Å²) in [6, 6.07) is 2.86. The van der Waals surface area contributed by atoms with Crippen molar-refractivity contribution in [2.45, 2.75) is 30.0 Å². The molecule has 6 heteroatoms. The highest BCUT2D eigenvalue weighted by molar-refractivity contribution is 7.99. The lowest BCUT2D eigenvalue weighted by Crippen LogP contribution is -2.07. The Labute approximate surface area is 109 Å². The molecule has 0 amide bonds. The Bertz CT molecular complexity index is 528. The van der Waals surface area contributed by atoms with Crippen molar-refractivity contribution in [2.24, 2.45) is 0 Å². The minimum absolute atomic E-state index is 0.0930. The molecule has 0 aliphatic heterocycles. The highest BCUT2D eigenvalue weighted by atomic mass is 32.2. The summed E-state index contributed by atoms with van der Waals surface area (Å²) in [5, 5.41) is 0.698. The van der Waals surface area contributed by atoms with Gasteiger partial charge in [-0.25, -0.2) is 9.37 Å². The van der Waals surface area contributed by atoms with Crippen LogP contribution in [0.1, 0.15) is 13.8 Å². The third kappa shape index (κ3) is 2.95. The maximum atomic E-state index is 13.6. The number of ether oxygens (including phenoxy) is 1. The molecule has 1 heterocycles. The summed E-state index contributed by atoms with van der Waals surface area (Å²) in [5.74, 6) is -0.252. The zero-order valence-electron chi connectivity index (χ0n) is 10.1. The van der Waals surface area contributed by atoms with Crippen LogP contribution >= 0.6 is 11.8 Å². The number of aromatic amines is 1. The first-order chi connectivity index (χ1) is 8.56. The van der Waals surface area contributed by atoms with Gasteiger partial charge in [-0.05, 0) is 31.7 Å². The molecule has 3 N–H and O–H groups in total. The van der Waals surface area contributed by atoms with Crippen LogP contribution in [0.4, 0.5) is 10.1 Å². The average Bonchev–Trinajstić information content (AvgIpc) is 2.77. The Balaban J connectivity index is 2.29. The van der Waals surface area contributed by atoms with Crippen LogP contribution in [0.25, 0.3) is 0 Å². The van der Waals surface area contributed by atoms with Gasteiger partial charge in [0.15, 0.2) is 16.7 Å². The van der Waals surface area contributed by atoms with Crippen molar-refractivity contribution in [3.63, 3.8) is 0 Å². The molecule has 18 heavy (non-hydrogen) atoms. The van der Waals surface area contributed by atoms with Gasteiger partial charge in [0.25, 0.3) is 0 Å². The number of hydrogen-bond acceptors (Lipinski definition) is 4. The predicted molar refractivity (Wildman–Crippen MR) is 69.3 cm³/mol. The van der Waals surface area contributed by atoms with E-state index in [9.17, 15) is 4.39 Å². The monoisotopic (exact) mass is 267 g/mol. The van der Waals surface area contributed by atoms with Crippen LogP contribution in [0.15, 0.2) is 34.6 Å². The quantitative estimate of drug-likeness (QED) is 0.836. The Hall–Kier alpha value is -1.69. The third-order valence-corrected chi connectivity index (χ3v) is 3.10. The lowest BCUT2D eigenvalue weighted by atomic mass is 10.3. The summed E-state index contributed by atoms with van der Waals surface area (Å²) in [4.78, 5) is 7.74. The summed E-state index contributed by atoms with van der Waals surface area (Å²) < 4.78 is 19.0. The topological polar surface area (TPSA) is 63.9 Å². The van der Waals surface area contributed by atoms with Crippen LogP contribution in [-0.2, 0) is 0 Å². The number of nitrogens with two attached hydrogens (primary N) is 1. The largest absolute Gasteiger partial charge is 0.488 e. The van der Waals surface area contributed by atoms with Crippen LogP contribution in [0, 0.1) is 5.82 Å². The van der Waals surface area contributed by atoms with Gasteiger partial charge in [0, 0.05) is 29.0 Å². The Morgan fingerprint density at radius 1 is 1.44 bits per heavy atom. The van der Waals surface area contributed by atoms with E-state index in [0.29, 0.717) is 15.7 Å². The van der Waals surface area contributed by atoms with E-state index in [1.165, 1.54) is 17.8 Å². The number of halogens is 1. The first-order valence-corrected chi connectivity index (χ1v) is 6.31. The number of H-pyrrole nitrogens is 1. The minimum atomic E-state index is -0.454. The van der Waals surface area contributed by atoms with Gasteiger partial charge in [0.1, 0.15) is 0 Å². The molecule has 0 atom stereocenters. The van der Waals surface area contributed by atoms with Crippen molar-refractivity contribution in [1.82, 2.24) is 9.97 Å². The molecular weight excluding hydrogens is 253 g/mol. The molecule has 0 fully saturated rings. The van der Waals surface area contributed by atoms with Gasteiger partial charge >= 0.3 is 0 Å². The molecule has 1 aromatic carbocycles. The number of aromatic nitrogens is 2. The zero-order valence-corrected chi connectivity index (χ0v) is 10.9. The van der Waals surface area contributed by atoms with Crippen LogP contribution in [0.2, 0.25) is 0 Å². The smallest absolute Gasteiger partial charge is 0.170 e. The first-order valence-electron chi connectivity index (χ1n) is 5.49. The van der Waals surface area contributed by atoms with E-state index in [1.807, 2.05) is 13.8 Å². The number of benzene rings is 1. The Morgan fingerprint density at radius 3 is 2.83 bits per heavy atom. The fraction of sp³-hybridized carbons (Fsp3) is 0.250. The molecule has 0 aliphatic carbocycles.